The molecule has 1 N–H and O–H groups in total. The number of hydrogen-bond donors (Lipinski definition) is 1. The molecule has 0 aliphatic heterocycles. The fourth-order valence-corrected chi connectivity index (χ4v) is 3.02. The molecule has 1 atom stereocenters. The maximum absolute atomic E-state index is 12.5. The lowest BCUT2D eigenvalue weighted by Crippen LogP contribution is -2.36. The van der Waals surface area contributed by atoms with E-state index in [1.165, 1.54) is 29.4 Å². The van der Waals surface area contributed by atoms with Crippen LogP contribution in [0.25, 0.3) is 5.69 Å². The molecule has 142 valence electrons. The summed E-state index contributed by atoms with van der Waals surface area (Å²) in [4.78, 5) is 24.7. The van der Waals surface area contributed by atoms with Gasteiger partial charge >= 0.3 is 5.97 Å². The lowest BCUT2D eigenvalue weighted by atomic mass is 9.97. The average Bonchev–Trinajstić information content (AvgIpc) is 3.23. The number of nitrogens with one attached hydrogen (secondary N) is 1. The Balaban J connectivity index is 1.54. The number of aromatic nitrogens is 4. The van der Waals surface area contributed by atoms with E-state index in [0.717, 1.165) is 19.3 Å². The highest BCUT2D eigenvalue weighted by atomic mass is 16.5. The van der Waals surface area contributed by atoms with Crippen LogP contribution >= 0.6 is 0 Å². The number of carbonyl (C=O) groups is 2. The summed E-state index contributed by atoms with van der Waals surface area (Å²) in [7, 11) is 0. The zero-order valence-electron chi connectivity index (χ0n) is 15.3. The van der Waals surface area contributed by atoms with Crippen LogP contribution in [0.4, 0.5) is 0 Å². The minimum atomic E-state index is -0.889. The molecule has 0 spiro atoms. The number of esters is 1. The number of tetrazole rings is 1. The van der Waals surface area contributed by atoms with Crippen molar-refractivity contribution in [2.24, 2.45) is 0 Å². The molecule has 1 aliphatic rings. The van der Waals surface area contributed by atoms with Crippen LogP contribution in [0.1, 0.15) is 49.4 Å². The Morgan fingerprint density at radius 1 is 1.30 bits per heavy atom. The first kappa shape index (κ1) is 18.8. The van der Waals surface area contributed by atoms with Crippen molar-refractivity contribution in [1.29, 1.82) is 0 Å². The molecule has 0 bridgehead atoms. The van der Waals surface area contributed by atoms with Crippen LogP contribution in [0.15, 0.2) is 42.2 Å². The smallest absolute Gasteiger partial charge is 0.341 e. The predicted molar refractivity (Wildman–Crippen MR) is 98.2 cm³/mol. The summed E-state index contributed by atoms with van der Waals surface area (Å²) >= 11 is 0. The zero-order chi connectivity index (χ0) is 19.1. The number of rotatable bonds is 7. The van der Waals surface area contributed by atoms with Crippen LogP contribution in [0.5, 0.6) is 0 Å². The van der Waals surface area contributed by atoms with Gasteiger partial charge in [0.1, 0.15) is 6.33 Å². The highest BCUT2D eigenvalue weighted by molar-refractivity contribution is 5.95. The number of hydrogen-bond acceptors (Lipinski definition) is 6. The van der Waals surface area contributed by atoms with Gasteiger partial charge in [-0.2, -0.15) is 4.68 Å². The van der Waals surface area contributed by atoms with Crippen molar-refractivity contribution in [2.45, 2.75) is 45.1 Å². The topological polar surface area (TPSA) is 99.0 Å². The molecular weight excluding hydrogens is 346 g/mol. The standard InChI is InChI=1S/C19H23N5O3/c1-14(18(25)20-12-11-15-7-3-2-4-8-15)27-19(26)16-9-5-6-10-17(16)24-13-21-22-23-24/h5-7,9-10,13-14H,2-4,8,11-12H2,1H3,(H,20,25). The Bertz CT molecular complexity index is 817. The molecule has 1 unspecified atom stereocenters. The minimum Gasteiger partial charge on any atom is -0.449 e. The Labute approximate surface area is 157 Å². The number of benzene rings is 1. The molecule has 0 saturated heterocycles. The molecule has 0 saturated carbocycles. The van der Waals surface area contributed by atoms with E-state index < -0.39 is 12.1 Å². The third-order valence-corrected chi connectivity index (χ3v) is 4.50. The van der Waals surface area contributed by atoms with E-state index >= 15 is 0 Å². The monoisotopic (exact) mass is 369 g/mol. The van der Waals surface area contributed by atoms with Crippen LogP contribution in [0.3, 0.4) is 0 Å². The first-order valence-electron chi connectivity index (χ1n) is 9.14. The summed E-state index contributed by atoms with van der Waals surface area (Å²) < 4.78 is 6.71. The third kappa shape index (κ3) is 4.99. The summed E-state index contributed by atoms with van der Waals surface area (Å²) in [6.07, 6.45) is 8.29. The summed E-state index contributed by atoms with van der Waals surface area (Å²) in [5.41, 5.74) is 2.17. The number of para-hydroxylation sites is 1. The van der Waals surface area contributed by atoms with E-state index in [1.807, 2.05) is 0 Å². The van der Waals surface area contributed by atoms with Crippen LogP contribution in [-0.4, -0.2) is 44.7 Å². The van der Waals surface area contributed by atoms with Gasteiger partial charge in [0, 0.05) is 6.54 Å². The van der Waals surface area contributed by atoms with Gasteiger partial charge in [0.2, 0.25) is 0 Å². The van der Waals surface area contributed by atoms with E-state index in [4.69, 9.17) is 4.74 Å². The largest absolute Gasteiger partial charge is 0.449 e. The first-order chi connectivity index (χ1) is 13.1. The Morgan fingerprint density at radius 3 is 2.89 bits per heavy atom. The van der Waals surface area contributed by atoms with E-state index in [2.05, 4.69) is 26.9 Å². The fourth-order valence-electron chi connectivity index (χ4n) is 3.02. The van der Waals surface area contributed by atoms with Gasteiger partial charge in [0.25, 0.3) is 5.91 Å². The maximum Gasteiger partial charge on any atom is 0.341 e. The second-order valence-corrected chi connectivity index (χ2v) is 6.47. The second-order valence-electron chi connectivity index (χ2n) is 6.47. The fraction of sp³-hybridized carbons (Fsp3) is 0.421. The highest BCUT2D eigenvalue weighted by Gasteiger charge is 2.21. The first-order valence-corrected chi connectivity index (χ1v) is 9.14. The van der Waals surface area contributed by atoms with E-state index in [0.29, 0.717) is 12.2 Å². The average molecular weight is 369 g/mol. The van der Waals surface area contributed by atoms with Gasteiger partial charge in [-0.25, -0.2) is 4.79 Å². The van der Waals surface area contributed by atoms with Crippen LogP contribution in [0.2, 0.25) is 0 Å². The minimum absolute atomic E-state index is 0.289. The highest BCUT2D eigenvalue weighted by Crippen LogP contribution is 2.19. The van der Waals surface area contributed by atoms with Crippen molar-refractivity contribution in [3.63, 3.8) is 0 Å². The molecule has 0 fully saturated rings. The van der Waals surface area contributed by atoms with Gasteiger partial charge in [-0.15, -0.1) is 5.10 Å². The molecule has 8 nitrogen and oxygen atoms in total. The van der Waals surface area contributed by atoms with Gasteiger partial charge in [-0.3, -0.25) is 4.79 Å². The summed E-state index contributed by atoms with van der Waals surface area (Å²) in [6.45, 7) is 2.11. The van der Waals surface area contributed by atoms with Crippen molar-refractivity contribution in [3.05, 3.63) is 47.8 Å². The Hall–Kier alpha value is -3.03. The SMILES string of the molecule is CC(OC(=O)c1ccccc1-n1cnnn1)C(=O)NCCC1=CCCCC1. The lowest BCUT2D eigenvalue weighted by Gasteiger charge is -2.16. The van der Waals surface area contributed by atoms with Crippen molar-refractivity contribution in [2.75, 3.05) is 6.54 Å². The second kappa shape index (κ2) is 9.07. The molecule has 27 heavy (non-hydrogen) atoms. The third-order valence-electron chi connectivity index (χ3n) is 4.50. The number of ether oxygens (including phenoxy) is 1. The molecule has 1 aromatic carbocycles. The van der Waals surface area contributed by atoms with Crippen LogP contribution in [0, 0.1) is 0 Å². The molecular formula is C19H23N5O3. The summed E-state index contributed by atoms with van der Waals surface area (Å²) in [6, 6.07) is 6.80. The number of nitrogens with zero attached hydrogens (tertiary/aromatic N) is 4. The van der Waals surface area contributed by atoms with Crippen LogP contribution in [-0.2, 0) is 9.53 Å². The predicted octanol–water partition coefficient (Wildman–Crippen LogP) is 2.21. The molecule has 2 aromatic rings. The molecule has 8 heteroatoms. The zero-order valence-corrected chi connectivity index (χ0v) is 15.3. The molecule has 1 aromatic heterocycles. The van der Waals surface area contributed by atoms with Gasteiger partial charge < -0.3 is 10.1 Å². The van der Waals surface area contributed by atoms with Crippen molar-refractivity contribution < 1.29 is 14.3 Å². The van der Waals surface area contributed by atoms with E-state index in [1.54, 1.807) is 31.2 Å². The molecule has 1 amide bonds. The van der Waals surface area contributed by atoms with E-state index in [-0.39, 0.29) is 11.5 Å². The Kier molecular flexibility index (Phi) is 6.30. The molecule has 0 radical (unpaired) electrons. The lowest BCUT2D eigenvalue weighted by molar-refractivity contribution is -0.129. The van der Waals surface area contributed by atoms with Crippen molar-refractivity contribution in [3.8, 4) is 5.69 Å². The van der Waals surface area contributed by atoms with Gasteiger partial charge in [0.15, 0.2) is 6.10 Å². The number of amides is 1. The van der Waals surface area contributed by atoms with Gasteiger partial charge in [-0.05, 0) is 61.6 Å². The molecule has 3 rings (SSSR count). The quantitative estimate of drug-likeness (QED) is 0.593. The van der Waals surface area contributed by atoms with Crippen LogP contribution < -0.4 is 5.32 Å². The summed E-state index contributed by atoms with van der Waals surface area (Å²) in [5.74, 6) is -0.904. The van der Waals surface area contributed by atoms with E-state index in [9.17, 15) is 9.59 Å². The van der Waals surface area contributed by atoms with Gasteiger partial charge in [-0.1, -0.05) is 23.8 Å². The normalized spacial score (nSPS) is 14.9. The van der Waals surface area contributed by atoms with Crippen molar-refractivity contribution >= 4 is 11.9 Å². The number of carbonyl (C=O) groups excluding carboxylic acids is 2. The molecule has 1 aliphatic carbocycles. The summed E-state index contributed by atoms with van der Waals surface area (Å²) in [5, 5.41) is 13.8. The number of allylic oxidation sites excluding steroid dienone is 1. The maximum atomic E-state index is 12.5. The van der Waals surface area contributed by atoms with Crippen molar-refractivity contribution in [1.82, 2.24) is 25.5 Å². The van der Waals surface area contributed by atoms with Gasteiger partial charge in [0.05, 0.1) is 11.3 Å². The Morgan fingerprint density at radius 2 is 2.15 bits per heavy atom. The molecule has 1 heterocycles.